The first-order valence-electron chi connectivity index (χ1n) is 7.08. The molecule has 0 saturated carbocycles. The number of methoxy groups -OCH3 is 1. The summed E-state index contributed by atoms with van der Waals surface area (Å²) in [5.74, 6) is -0.0841. The molecule has 0 fully saturated rings. The zero-order chi connectivity index (χ0) is 14.8. The lowest BCUT2D eigenvalue weighted by Crippen LogP contribution is -2.12. The van der Waals surface area contributed by atoms with Crippen LogP contribution >= 0.6 is 0 Å². The van der Waals surface area contributed by atoms with Crippen molar-refractivity contribution in [1.82, 2.24) is 0 Å². The van der Waals surface area contributed by atoms with E-state index < -0.39 is 0 Å². The van der Waals surface area contributed by atoms with E-state index in [0.717, 1.165) is 18.7 Å². The van der Waals surface area contributed by atoms with Gasteiger partial charge >= 0.3 is 0 Å². The summed E-state index contributed by atoms with van der Waals surface area (Å²) in [6.07, 6.45) is 1.09. The van der Waals surface area contributed by atoms with Gasteiger partial charge < -0.3 is 15.0 Å². The Morgan fingerprint density at radius 1 is 1.24 bits per heavy atom. The monoisotopic (exact) mass is 286 g/mol. The minimum absolute atomic E-state index is 0.265. The van der Waals surface area contributed by atoms with E-state index in [-0.39, 0.29) is 11.6 Å². The van der Waals surface area contributed by atoms with Crippen LogP contribution in [0.1, 0.15) is 11.1 Å². The number of likely N-dealkylation sites (N-methyl/N-ethyl adjacent to an activating group) is 1. The van der Waals surface area contributed by atoms with Gasteiger partial charge in [-0.25, -0.2) is 4.39 Å². The fourth-order valence-electron chi connectivity index (χ4n) is 2.71. The summed E-state index contributed by atoms with van der Waals surface area (Å²) in [6, 6.07) is 11.4. The fourth-order valence-corrected chi connectivity index (χ4v) is 2.71. The van der Waals surface area contributed by atoms with Gasteiger partial charge in [-0.15, -0.1) is 0 Å². The van der Waals surface area contributed by atoms with Gasteiger partial charge in [0.2, 0.25) is 0 Å². The molecule has 0 amide bonds. The second-order valence-electron chi connectivity index (χ2n) is 5.34. The molecule has 1 aliphatic rings. The van der Waals surface area contributed by atoms with Crippen molar-refractivity contribution in [3.05, 3.63) is 53.3 Å². The first-order chi connectivity index (χ1) is 10.2. The van der Waals surface area contributed by atoms with Crippen LogP contribution in [0.15, 0.2) is 36.4 Å². The number of halogens is 1. The Bertz CT molecular complexity index is 657. The van der Waals surface area contributed by atoms with E-state index in [1.165, 1.54) is 30.0 Å². The van der Waals surface area contributed by atoms with E-state index in [2.05, 4.69) is 35.5 Å². The number of nitrogens with zero attached hydrogens (tertiary/aromatic N) is 1. The quantitative estimate of drug-likeness (QED) is 0.932. The third-order valence-electron chi connectivity index (χ3n) is 3.92. The highest BCUT2D eigenvalue weighted by molar-refractivity contribution is 5.59. The van der Waals surface area contributed by atoms with Gasteiger partial charge in [-0.05, 0) is 35.7 Å². The maximum atomic E-state index is 13.6. The van der Waals surface area contributed by atoms with Crippen molar-refractivity contribution in [2.45, 2.75) is 13.0 Å². The van der Waals surface area contributed by atoms with Crippen LogP contribution in [0.4, 0.5) is 15.8 Å². The summed E-state index contributed by atoms with van der Waals surface area (Å²) in [4.78, 5) is 2.27. The van der Waals surface area contributed by atoms with Gasteiger partial charge in [0.05, 0.1) is 7.11 Å². The zero-order valence-electron chi connectivity index (χ0n) is 12.3. The molecule has 2 aromatic rings. The van der Waals surface area contributed by atoms with E-state index in [1.54, 1.807) is 6.07 Å². The van der Waals surface area contributed by atoms with E-state index in [4.69, 9.17) is 4.74 Å². The predicted octanol–water partition coefficient (Wildman–Crippen LogP) is 3.44. The molecule has 1 heterocycles. The molecule has 1 N–H and O–H groups in total. The van der Waals surface area contributed by atoms with Crippen molar-refractivity contribution < 1.29 is 9.13 Å². The highest BCUT2D eigenvalue weighted by Gasteiger charge is 2.15. The first kappa shape index (κ1) is 13.7. The molecule has 0 saturated heterocycles. The fraction of sp³-hybridized carbons (Fsp3) is 0.294. The van der Waals surface area contributed by atoms with Gasteiger partial charge in [0.25, 0.3) is 0 Å². The first-order valence-corrected chi connectivity index (χ1v) is 7.08. The summed E-state index contributed by atoms with van der Waals surface area (Å²) in [5.41, 5.74) is 4.66. The van der Waals surface area contributed by atoms with Crippen molar-refractivity contribution in [1.29, 1.82) is 0 Å². The van der Waals surface area contributed by atoms with Crippen molar-refractivity contribution in [3.8, 4) is 5.75 Å². The average molecular weight is 286 g/mol. The molecule has 0 unspecified atom stereocenters. The number of hydrogen-bond acceptors (Lipinski definition) is 3. The minimum Gasteiger partial charge on any atom is -0.494 e. The normalized spacial score (nSPS) is 13.2. The molecule has 0 bridgehead atoms. The van der Waals surface area contributed by atoms with Crippen LogP contribution in [-0.4, -0.2) is 20.7 Å². The predicted molar refractivity (Wildman–Crippen MR) is 83.7 cm³/mol. The molecule has 0 aromatic heterocycles. The lowest BCUT2D eigenvalue weighted by Gasteiger charge is -2.13. The van der Waals surface area contributed by atoms with Crippen LogP contribution in [-0.2, 0) is 13.0 Å². The molecule has 4 heteroatoms. The highest BCUT2D eigenvalue weighted by atomic mass is 19.1. The number of rotatable bonds is 4. The molecule has 0 atom stereocenters. The molecule has 21 heavy (non-hydrogen) atoms. The maximum absolute atomic E-state index is 13.6. The molecule has 2 aromatic carbocycles. The summed E-state index contributed by atoms with van der Waals surface area (Å²) in [5, 5.41) is 3.25. The second-order valence-corrected chi connectivity index (χ2v) is 5.34. The molecule has 0 radical (unpaired) electrons. The Morgan fingerprint density at radius 2 is 2.10 bits per heavy atom. The Balaban J connectivity index is 1.69. The van der Waals surface area contributed by atoms with Crippen molar-refractivity contribution in [2.24, 2.45) is 0 Å². The van der Waals surface area contributed by atoms with Crippen molar-refractivity contribution in [2.75, 3.05) is 30.9 Å². The summed E-state index contributed by atoms with van der Waals surface area (Å²) in [6.45, 7) is 1.76. The van der Waals surface area contributed by atoms with Crippen LogP contribution in [0, 0.1) is 5.82 Å². The maximum Gasteiger partial charge on any atom is 0.167 e. The molecular weight excluding hydrogens is 267 g/mol. The Morgan fingerprint density at radius 3 is 2.86 bits per heavy atom. The van der Waals surface area contributed by atoms with E-state index >= 15 is 0 Å². The number of benzene rings is 2. The molecule has 0 aliphatic carbocycles. The van der Waals surface area contributed by atoms with E-state index in [9.17, 15) is 4.39 Å². The molecule has 110 valence electrons. The van der Waals surface area contributed by atoms with Crippen molar-refractivity contribution >= 4 is 11.4 Å². The lowest BCUT2D eigenvalue weighted by molar-refractivity contribution is 0.386. The number of nitrogens with one attached hydrogen (secondary N) is 1. The SMILES string of the molecule is COc1ccc(NCc2ccc3c(c2)CCN3C)cc1F. The number of anilines is 2. The molecular formula is C17H19FN2O. The molecule has 0 spiro atoms. The topological polar surface area (TPSA) is 24.5 Å². The largest absolute Gasteiger partial charge is 0.494 e. The van der Waals surface area contributed by atoms with Crippen LogP contribution < -0.4 is 15.0 Å². The van der Waals surface area contributed by atoms with Crippen LogP contribution in [0.3, 0.4) is 0 Å². The Hall–Kier alpha value is -2.23. The standard InChI is InChI=1S/C17H19FN2O/c1-20-8-7-13-9-12(3-5-16(13)20)11-19-14-4-6-17(21-2)15(18)10-14/h3-6,9-10,19H,7-8,11H2,1-2H3. The Labute approximate surface area is 124 Å². The summed E-state index contributed by atoms with van der Waals surface area (Å²) in [7, 11) is 3.58. The second kappa shape index (κ2) is 5.64. The van der Waals surface area contributed by atoms with E-state index in [0.29, 0.717) is 6.54 Å². The summed E-state index contributed by atoms with van der Waals surface area (Å²) >= 11 is 0. The molecule has 1 aliphatic heterocycles. The smallest absolute Gasteiger partial charge is 0.167 e. The molecule has 3 rings (SSSR count). The third-order valence-corrected chi connectivity index (χ3v) is 3.92. The highest BCUT2D eigenvalue weighted by Crippen LogP contribution is 2.28. The van der Waals surface area contributed by atoms with Gasteiger partial charge in [0, 0.05) is 37.6 Å². The van der Waals surface area contributed by atoms with Gasteiger partial charge in [-0.3, -0.25) is 0 Å². The van der Waals surface area contributed by atoms with Crippen LogP contribution in [0.25, 0.3) is 0 Å². The summed E-state index contributed by atoms with van der Waals surface area (Å²) < 4.78 is 18.5. The van der Waals surface area contributed by atoms with Gasteiger partial charge in [0.1, 0.15) is 0 Å². The lowest BCUT2D eigenvalue weighted by atomic mass is 10.1. The van der Waals surface area contributed by atoms with Crippen LogP contribution in [0.2, 0.25) is 0 Å². The zero-order valence-corrected chi connectivity index (χ0v) is 12.3. The molecule has 3 nitrogen and oxygen atoms in total. The van der Waals surface area contributed by atoms with Crippen molar-refractivity contribution in [3.63, 3.8) is 0 Å². The van der Waals surface area contributed by atoms with Gasteiger partial charge in [0.15, 0.2) is 11.6 Å². The number of fused-ring (bicyclic) bond motifs is 1. The Kier molecular flexibility index (Phi) is 3.69. The van der Waals surface area contributed by atoms with Gasteiger partial charge in [-0.2, -0.15) is 0 Å². The van der Waals surface area contributed by atoms with E-state index in [1.807, 2.05) is 6.07 Å². The average Bonchev–Trinajstić information content (AvgIpc) is 2.86. The number of ether oxygens (including phenoxy) is 1. The number of hydrogen-bond donors (Lipinski definition) is 1. The third kappa shape index (κ3) is 2.79. The van der Waals surface area contributed by atoms with Gasteiger partial charge in [-0.1, -0.05) is 12.1 Å². The van der Waals surface area contributed by atoms with Crippen LogP contribution in [0.5, 0.6) is 5.75 Å². The minimum atomic E-state index is -0.349.